The van der Waals surface area contributed by atoms with Gasteiger partial charge >= 0.3 is 0 Å². The molecule has 0 aromatic heterocycles. The van der Waals surface area contributed by atoms with Crippen molar-refractivity contribution in [2.24, 2.45) is 11.7 Å². The summed E-state index contributed by atoms with van der Waals surface area (Å²) in [5, 5.41) is 0. The summed E-state index contributed by atoms with van der Waals surface area (Å²) < 4.78 is 0. The maximum Gasteiger partial charge on any atom is 0.0138 e. The first-order chi connectivity index (χ1) is 6.20. The molecule has 2 unspecified atom stereocenters. The minimum absolute atomic E-state index is 0.680. The summed E-state index contributed by atoms with van der Waals surface area (Å²) in [5.41, 5.74) is 5.73. The average Bonchev–Trinajstić information content (AvgIpc) is 2.02. The molecule has 2 atom stereocenters. The maximum absolute atomic E-state index is 5.73. The number of hydrogen-bond acceptors (Lipinski definition) is 2. The fourth-order valence-corrected chi connectivity index (χ4v) is 2.33. The van der Waals surface area contributed by atoms with E-state index in [-0.39, 0.29) is 0 Å². The Labute approximate surface area is 82.5 Å². The lowest BCUT2D eigenvalue weighted by Gasteiger charge is -2.46. The first-order valence-electron chi connectivity index (χ1n) is 5.66. The van der Waals surface area contributed by atoms with Gasteiger partial charge in [-0.05, 0) is 52.1 Å². The molecule has 1 fully saturated rings. The highest BCUT2D eigenvalue weighted by Crippen LogP contribution is 2.32. The lowest BCUT2D eigenvalue weighted by molar-refractivity contribution is 0.0420. The summed E-state index contributed by atoms with van der Waals surface area (Å²) in [5.74, 6) is 0.772. The molecule has 0 amide bonds. The molecule has 1 aliphatic rings. The van der Waals surface area contributed by atoms with Crippen LogP contribution in [0, 0.1) is 5.92 Å². The average molecular weight is 184 g/mol. The Morgan fingerprint density at radius 3 is 2.38 bits per heavy atom. The predicted octanol–water partition coefficient (Wildman–Crippen LogP) is 1.84. The highest BCUT2D eigenvalue weighted by atomic mass is 15.2. The number of nitrogens with two attached hydrogens (primary N) is 1. The monoisotopic (exact) mass is 184 g/mol. The molecule has 13 heavy (non-hydrogen) atoms. The van der Waals surface area contributed by atoms with E-state index in [2.05, 4.69) is 25.7 Å². The summed E-state index contributed by atoms with van der Waals surface area (Å²) in [6, 6.07) is 1.46. The van der Waals surface area contributed by atoms with Crippen LogP contribution >= 0.6 is 0 Å². The summed E-state index contributed by atoms with van der Waals surface area (Å²) >= 11 is 0. The van der Waals surface area contributed by atoms with Gasteiger partial charge in [0.1, 0.15) is 0 Å². The van der Waals surface area contributed by atoms with E-state index in [9.17, 15) is 0 Å². The van der Waals surface area contributed by atoms with E-state index in [0.717, 1.165) is 18.5 Å². The van der Waals surface area contributed by atoms with Gasteiger partial charge in [-0.1, -0.05) is 6.92 Å². The van der Waals surface area contributed by atoms with E-state index in [1.807, 2.05) is 0 Å². The fourth-order valence-electron chi connectivity index (χ4n) is 2.33. The first-order valence-corrected chi connectivity index (χ1v) is 5.66. The molecule has 0 bridgehead atoms. The van der Waals surface area contributed by atoms with Crippen molar-refractivity contribution in [2.75, 3.05) is 13.1 Å². The minimum Gasteiger partial charge on any atom is -0.330 e. The quantitative estimate of drug-likeness (QED) is 0.706. The standard InChI is InChI=1S/C11H24N2/c1-4-7-13(9(2)3)11-6-5-10(11)8-12/h9-11H,4-8,12H2,1-3H3. The molecule has 0 heterocycles. The van der Waals surface area contributed by atoms with Crippen LogP contribution in [0.5, 0.6) is 0 Å². The normalized spacial score (nSPS) is 28.2. The Bertz CT molecular complexity index is 143. The lowest BCUT2D eigenvalue weighted by atomic mass is 9.78. The third kappa shape index (κ3) is 2.44. The van der Waals surface area contributed by atoms with E-state index in [1.54, 1.807) is 0 Å². The van der Waals surface area contributed by atoms with Gasteiger partial charge in [-0.15, -0.1) is 0 Å². The van der Waals surface area contributed by atoms with Crippen molar-refractivity contribution in [3.63, 3.8) is 0 Å². The summed E-state index contributed by atoms with van der Waals surface area (Å²) in [6.45, 7) is 8.95. The second-order valence-corrected chi connectivity index (χ2v) is 4.47. The first kappa shape index (κ1) is 11.0. The summed E-state index contributed by atoms with van der Waals surface area (Å²) in [7, 11) is 0. The second kappa shape index (κ2) is 4.97. The van der Waals surface area contributed by atoms with Gasteiger partial charge in [0, 0.05) is 12.1 Å². The highest BCUT2D eigenvalue weighted by molar-refractivity contribution is 4.90. The van der Waals surface area contributed by atoms with Crippen LogP contribution in [0.15, 0.2) is 0 Å². The Balaban J connectivity index is 2.44. The van der Waals surface area contributed by atoms with E-state index >= 15 is 0 Å². The van der Waals surface area contributed by atoms with Crippen molar-refractivity contribution in [1.82, 2.24) is 4.90 Å². The van der Waals surface area contributed by atoms with Crippen LogP contribution in [0.4, 0.5) is 0 Å². The fraction of sp³-hybridized carbons (Fsp3) is 1.00. The van der Waals surface area contributed by atoms with Crippen molar-refractivity contribution in [1.29, 1.82) is 0 Å². The molecular formula is C11H24N2. The van der Waals surface area contributed by atoms with E-state index in [1.165, 1.54) is 25.8 Å². The van der Waals surface area contributed by atoms with Crippen LogP contribution in [0.25, 0.3) is 0 Å². The van der Waals surface area contributed by atoms with Crippen LogP contribution in [0.3, 0.4) is 0 Å². The van der Waals surface area contributed by atoms with Crippen LogP contribution in [-0.2, 0) is 0 Å². The van der Waals surface area contributed by atoms with Gasteiger partial charge in [-0.25, -0.2) is 0 Å². The highest BCUT2D eigenvalue weighted by Gasteiger charge is 2.34. The third-order valence-corrected chi connectivity index (χ3v) is 3.25. The molecule has 0 aliphatic heterocycles. The zero-order chi connectivity index (χ0) is 9.84. The van der Waals surface area contributed by atoms with Crippen LogP contribution in [0.1, 0.15) is 40.0 Å². The van der Waals surface area contributed by atoms with Gasteiger partial charge in [0.05, 0.1) is 0 Å². The number of rotatable bonds is 5. The Morgan fingerprint density at radius 1 is 1.38 bits per heavy atom. The SMILES string of the molecule is CCCN(C(C)C)C1CCC1CN. The van der Waals surface area contributed by atoms with Gasteiger partial charge in [0.2, 0.25) is 0 Å². The van der Waals surface area contributed by atoms with Gasteiger partial charge < -0.3 is 5.73 Å². The largest absolute Gasteiger partial charge is 0.330 e. The number of nitrogens with zero attached hydrogens (tertiary/aromatic N) is 1. The van der Waals surface area contributed by atoms with Crippen LogP contribution < -0.4 is 5.73 Å². The molecule has 0 aromatic carbocycles. The molecule has 0 radical (unpaired) electrons. The molecule has 0 saturated heterocycles. The number of hydrogen-bond donors (Lipinski definition) is 1. The van der Waals surface area contributed by atoms with Crippen molar-refractivity contribution >= 4 is 0 Å². The summed E-state index contributed by atoms with van der Waals surface area (Å²) in [4.78, 5) is 2.63. The molecule has 78 valence electrons. The Hall–Kier alpha value is -0.0800. The Morgan fingerprint density at radius 2 is 2.08 bits per heavy atom. The van der Waals surface area contributed by atoms with Gasteiger partial charge in [0.15, 0.2) is 0 Å². The van der Waals surface area contributed by atoms with Crippen molar-refractivity contribution in [3.05, 3.63) is 0 Å². The van der Waals surface area contributed by atoms with Crippen molar-refractivity contribution in [3.8, 4) is 0 Å². The lowest BCUT2D eigenvalue weighted by Crippen LogP contribution is -2.52. The molecule has 0 aromatic rings. The second-order valence-electron chi connectivity index (χ2n) is 4.47. The van der Waals surface area contributed by atoms with Crippen molar-refractivity contribution in [2.45, 2.75) is 52.1 Å². The van der Waals surface area contributed by atoms with Gasteiger partial charge in [0.25, 0.3) is 0 Å². The predicted molar refractivity (Wildman–Crippen MR) is 57.7 cm³/mol. The maximum atomic E-state index is 5.73. The van der Waals surface area contributed by atoms with E-state index in [0.29, 0.717) is 6.04 Å². The molecule has 2 heteroatoms. The molecule has 1 saturated carbocycles. The van der Waals surface area contributed by atoms with E-state index in [4.69, 9.17) is 5.73 Å². The minimum atomic E-state index is 0.680. The smallest absolute Gasteiger partial charge is 0.0138 e. The van der Waals surface area contributed by atoms with Crippen molar-refractivity contribution < 1.29 is 0 Å². The third-order valence-electron chi connectivity index (χ3n) is 3.25. The molecule has 1 aliphatic carbocycles. The van der Waals surface area contributed by atoms with Gasteiger partial charge in [-0.3, -0.25) is 4.90 Å². The molecule has 0 spiro atoms. The Kier molecular flexibility index (Phi) is 4.20. The zero-order valence-corrected chi connectivity index (χ0v) is 9.29. The molecule has 2 nitrogen and oxygen atoms in total. The topological polar surface area (TPSA) is 29.3 Å². The van der Waals surface area contributed by atoms with Crippen LogP contribution in [-0.4, -0.2) is 30.1 Å². The van der Waals surface area contributed by atoms with Crippen LogP contribution in [0.2, 0.25) is 0 Å². The van der Waals surface area contributed by atoms with E-state index < -0.39 is 0 Å². The molecule has 1 rings (SSSR count). The molecular weight excluding hydrogens is 160 g/mol. The summed E-state index contributed by atoms with van der Waals surface area (Å²) in [6.07, 6.45) is 3.96. The molecule has 2 N–H and O–H groups in total. The van der Waals surface area contributed by atoms with Gasteiger partial charge in [-0.2, -0.15) is 0 Å². The zero-order valence-electron chi connectivity index (χ0n) is 9.29.